The maximum atomic E-state index is 11.5. The number of ether oxygens (including phenoxy) is 1. The van der Waals surface area contributed by atoms with Crippen LogP contribution in [0.1, 0.15) is 29.4 Å². The van der Waals surface area contributed by atoms with E-state index in [1.54, 1.807) is 29.9 Å². The fourth-order valence-electron chi connectivity index (χ4n) is 1.63. The van der Waals surface area contributed by atoms with E-state index < -0.39 is 0 Å². The van der Waals surface area contributed by atoms with Gasteiger partial charge in [0.2, 0.25) is 0 Å². The number of rotatable bonds is 6. The molecule has 0 aliphatic carbocycles. The summed E-state index contributed by atoms with van der Waals surface area (Å²) < 4.78 is 6.46. The Balaban J connectivity index is 2.09. The van der Waals surface area contributed by atoms with Crippen molar-refractivity contribution in [1.29, 1.82) is 0 Å². The highest BCUT2D eigenvalue weighted by Crippen LogP contribution is 2.08. The fourth-order valence-corrected chi connectivity index (χ4v) is 1.76. The monoisotopic (exact) mass is 294 g/mol. The molecule has 0 aliphatic rings. The molecule has 0 bridgehead atoms. The number of carbonyl (C=O) groups excluding carboxylic acids is 1. The van der Waals surface area contributed by atoms with Gasteiger partial charge in [-0.25, -0.2) is 14.5 Å². The van der Waals surface area contributed by atoms with E-state index in [1.807, 2.05) is 0 Å². The van der Waals surface area contributed by atoms with E-state index in [9.17, 15) is 4.79 Å². The van der Waals surface area contributed by atoms with E-state index in [1.165, 1.54) is 6.20 Å². The van der Waals surface area contributed by atoms with Crippen LogP contribution in [-0.4, -0.2) is 38.4 Å². The van der Waals surface area contributed by atoms with E-state index in [4.69, 9.17) is 16.3 Å². The van der Waals surface area contributed by atoms with Gasteiger partial charge >= 0.3 is 5.97 Å². The van der Waals surface area contributed by atoms with Crippen molar-refractivity contribution in [3.8, 4) is 5.82 Å². The third kappa shape index (κ3) is 3.54. The molecular formula is C13H15ClN4O2. The van der Waals surface area contributed by atoms with Crippen molar-refractivity contribution in [2.45, 2.75) is 19.8 Å². The number of carbonyl (C=O) groups is 1. The van der Waals surface area contributed by atoms with E-state index in [-0.39, 0.29) is 5.97 Å². The maximum absolute atomic E-state index is 11.5. The quantitative estimate of drug-likeness (QED) is 0.602. The normalized spacial score (nSPS) is 10.5. The van der Waals surface area contributed by atoms with Crippen molar-refractivity contribution in [2.24, 2.45) is 0 Å². The van der Waals surface area contributed by atoms with Gasteiger partial charge in [-0.15, -0.1) is 16.7 Å². The van der Waals surface area contributed by atoms with Gasteiger partial charge in [-0.05, 0) is 31.9 Å². The molecule has 7 heteroatoms. The highest BCUT2D eigenvalue weighted by Gasteiger charge is 2.08. The molecule has 106 valence electrons. The standard InChI is InChI=1S/C13H15ClN4O2/c1-2-20-13(19)10-5-6-12(15-8-10)18-9-11(16-17-18)4-3-7-14/h5-6,8-9H,2-4,7H2,1H3. The molecular weight excluding hydrogens is 280 g/mol. The van der Waals surface area contributed by atoms with Crippen molar-refractivity contribution in [3.05, 3.63) is 35.8 Å². The minimum absolute atomic E-state index is 0.341. The molecule has 2 heterocycles. The lowest BCUT2D eigenvalue weighted by Gasteiger charge is -2.02. The van der Waals surface area contributed by atoms with Gasteiger partial charge in [-0.1, -0.05) is 5.21 Å². The summed E-state index contributed by atoms with van der Waals surface area (Å²) in [6.07, 6.45) is 4.91. The van der Waals surface area contributed by atoms with E-state index in [0.29, 0.717) is 23.9 Å². The zero-order valence-corrected chi connectivity index (χ0v) is 11.9. The lowest BCUT2D eigenvalue weighted by molar-refractivity contribution is 0.0526. The van der Waals surface area contributed by atoms with Crippen molar-refractivity contribution < 1.29 is 9.53 Å². The molecule has 0 unspecified atom stereocenters. The Hall–Kier alpha value is -1.95. The number of hydrogen-bond acceptors (Lipinski definition) is 5. The Kier molecular flexibility index (Phi) is 5.06. The van der Waals surface area contributed by atoms with Gasteiger partial charge in [0.15, 0.2) is 5.82 Å². The number of aromatic nitrogens is 4. The van der Waals surface area contributed by atoms with Crippen LogP contribution >= 0.6 is 11.6 Å². The second-order valence-corrected chi connectivity index (χ2v) is 4.45. The van der Waals surface area contributed by atoms with Gasteiger partial charge in [0.25, 0.3) is 0 Å². The zero-order valence-electron chi connectivity index (χ0n) is 11.1. The predicted molar refractivity (Wildman–Crippen MR) is 74.2 cm³/mol. The first kappa shape index (κ1) is 14.5. The summed E-state index contributed by atoms with van der Waals surface area (Å²) in [7, 11) is 0. The van der Waals surface area contributed by atoms with E-state index in [0.717, 1.165) is 18.5 Å². The molecule has 20 heavy (non-hydrogen) atoms. The maximum Gasteiger partial charge on any atom is 0.339 e. The van der Waals surface area contributed by atoms with Crippen LogP contribution in [0.2, 0.25) is 0 Å². The SMILES string of the molecule is CCOC(=O)c1ccc(-n2cc(CCCCl)nn2)nc1. The molecule has 2 aromatic heterocycles. The van der Waals surface area contributed by atoms with Crippen LogP contribution < -0.4 is 0 Å². The molecule has 0 aliphatic heterocycles. The summed E-state index contributed by atoms with van der Waals surface area (Å²) >= 11 is 5.64. The highest BCUT2D eigenvalue weighted by atomic mass is 35.5. The number of nitrogens with zero attached hydrogens (tertiary/aromatic N) is 4. The second kappa shape index (κ2) is 7.00. The van der Waals surface area contributed by atoms with Gasteiger partial charge in [0.05, 0.1) is 24.1 Å². The molecule has 0 N–H and O–H groups in total. The van der Waals surface area contributed by atoms with Crippen molar-refractivity contribution in [1.82, 2.24) is 20.0 Å². The minimum atomic E-state index is -0.382. The van der Waals surface area contributed by atoms with Crippen LogP contribution in [0, 0.1) is 0 Å². The number of pyridine rings is 1. The lowest BCUT2D eigenvalue weighted by Crippen LogP contribution is -2.06. The molecule has 0 spiro atoms. The highest BCUT2D eigenvalue weighted by molar-refractivity contribution is 6.17. The summed E-state index contributed by atoms with van der Waals surface area (Å²) in [6, 6.07) is 3.35. The first-order valence-electron chi connectivity index (χ1n) is 6.35. The Morgan fingerprint density at radius 1 is 1.45 bits per heavy atom. The minimum Gasteiger partial charge on any atom is -0.462 e. The molecule has 0 radical (unpaired) electrons. The topological polar surface area (TPSA) is 69.9 Å². The molecule has 0 atom stereocenters. The van der Waals surface area contributed by atoms with Gasteiger partial charge in [-0.3, -0.25) is 0 Å². The number of alkyl halides is 1. The number of halogens is 1. The Labute approximate surface area is 121 Å². The van der Waals surface area contributed by atoms with Gasteiger partial charge in [0.1, 0.15) is 0 Å². The van der Waals surface area contributed by atoms with Gasteiger partial charge < -0.3 is 4.74 Å². The van der Waals surface area contributed by atoms with Crippen LogP contribution in [-0.2, 0) is 11.2 Å². The third-order valence-corrected chi connectivity index (χ3v) is 2.87. The predicted octanol–water partition coefficient (Wildman–Crippen LogP) is 2.01. The molecule has 0 amide bonds. The molecule has 0 saturated carbocycles. The Morgan fingerprint density at radius 3 is 2.95 bits per heavy atom. The lowest BCUT2D eigenvalue weighted by atomic mass is 10.3. The van der Waals surface area contributed by atoms with Crippen LogP contribution in [0.5, 0.6) is 0 Å². The summed E-state index contributed by atoms with van der Waals surface area (Å²) in [6.45, 7) is 2.10. The first-order valence-corrected chi connectivity index (χ1v) is 6.88. The average Bonchev–Trinajstić information content (AvgIpc) is 2.94. The van der Waals surface area contributed by atoms with Crippen molar-refractivity contribution in [2.75, 3.05) is 12.5 Å². The van der Waals surface area contributed by atoms with Crippen LogP contribution in [0.3, 0.4) is 0 Å². The van der Waals surface area contributed by atoms with Gasteiger partial charge in [0, 0.05) is 12.1 Å². The van der Waals surface area contributed by atoms with E-state index >= 15 is 0 Å². The first-order chi connectivity index (χ1) is 9.74. The zero-order chi connectivity index (χ0) is 14.4. The largest absolute Gasteiger partial charge is 0.462 e. The van der Waals surface area contributed by atoms with Crippen molar-refractivity contribution in [3.63, 3.8) is 0 Å². The Morgan fingerprint density at radius 2 is 2.30 bits per heavy atom. The molecule has 2 rings (SSSR count). The van der Waals surface area contributed by atoms with E-state index in [2.05, 4.69) is 15.3 Å². The second-order valence-electron chi connectivity index (χ2n) is 4.07. The fraction of sp³-hybridized carbons (Fsp3) is 0.385. The smallest absolute Gasteiger partial charge is 0.339 e. The third-order valence-electron chi connectivity index (χ3n) is 2.60. The summed E-state index contributed by atoms with van der Waals surface area (Å²) in [5, 5.41) is 8.03. The van der Waals surface area contributed by atoms with Crippen LogP contribution in [0.15, 0.2) is 24.5 Å². The summed E-state index contributed by atoms with van der Waals surface area (Å²) in [4.78, 5) is 15.7. The van der Waals surface area contributed by atoms with Crippen molar-refractivity contribution >= 4 is 17.6 Å². The summed E-state index contributed by atoms with van der Waals surface area (Å²) in [5.74, 6) is 0.815. The summed E-state index contributed by atoms with van der Waals surface area (Å²) in [5.41, 5.74) is 1.28. The molecule has 2 aromatic rings. The number of esters is 1. The molecule has 0 aromatic carbocycles. The van der Waals surface area contributed by atoms with Crippen LogP contribution in [0.4, 0.5) is 0 Å². The Bertz CT molecular complexity index is 568. The number of aryl methyl sites for hydroxylation is 1. The molecule has 6 nitrogen and oxygen atoms in total. The number of hydrogen-bond donors (Lipinski definition) is 0. The van der Waals surface area contributed by atoms with Gasteiger partial charge in [-0.2, -0.15) is 0 Å². The average molecular weight is 295 g/mol. The molecule has 0 saturated heterocycles. The van der Waals surface area contributed by atoms with Crippen LogP contribution in [0.25, 0.3) is 5.82 Å². The molecule has 0 fully saturated rings.